The van der Waals surface area contributed by atoms with Crippen LogP contribution in [0.4, 0.5) is 11.4 Å². The van der Waals surface area contributed by atoms with Crippen molar-refractivity contribution in [2.75, 3.05) is 38.1 Å². The molecule has 1 unspecified atom stereocenters. The van der Waals surface area contributed by atoms with Gasteiger partial charge >= 0.3 is 0 Å². The van der Waals surface area contributed by atoms with Crippen molar-refractivity contribution in [1.29, 1.82) is 0 Å². The lowest BCUT2D eigenvalue weighted by Crippen LogP contribution is -2.51. The summed E-state index contributed by atoms with van der Waals surface area (Å²) < 4.78 is 5.22. The minimum absolute atomic E-state index is 0.124. The standard InChI is InChI=1S/C27H38N4O3/c1-5-31(29-22-14-16-24(34-4)17-15-22)27(33)25(18-20-10-7-6-8-11-20)28-26(32)21-12-9-13-23(19-21)30(2)3/h9,12-17,19-20,25,29H,5-8,10-11,18H2,1-4H3,(H,28,32). The Kier molecular flexibility index (Phi) is 9.19. The van der Waals surface area contributed by atoms with Crippen LogP contribution in [0.3, 0.4) is 0 Å². The first-order valence-corrected chi connectivity index (χ1v) is 12.2. The Labute approximate surface area is 203 Å². The molecular formula is C27H38N4O3. The van der Waals surface area contributed by atoms with E-state index in [0.29, 0.717) is 24.4 Å². The van der Waals surface area contributed by atoms with Crippen molar-refractivity contribution in [3.05, 3.63) is 54.1 Å². The summed E-state index contributed by atoms with van der Waals surface area (Å²) in [7, 11) is 5.50. The van der Waals surface area contributed by atoms with Crippen LogP contribution in [-0.2, 0) is 4.79 Å². The Bertz CT molecular complexity index is 939. The Morgan fingerprint density at radius 3 is 2.38 bits per heavy atom. The third kappa shape index (κ3) is 6.89. The summed E-state index contributed by atoms with van der Waals surface area (Å²) in [5.41, 5.74) is 5.49. The SMILES string of the molecule is CCN(Nc1ccc(OC)cc1)C(=O)C(CC1CCCCC1)NC(=O)c1cccc(N(C)C)c1. The molecule has 1 saturated carbocycles. The van der Waals surface area contributed by atoms with E-state index in [2.05, 4.69) is 10.7 Å². The van der Waals surface area contributed by atoms with Gasteiger partial charge in [0, 0.05) is 31.9 Å². The molecule has 1 atom stereocenters. The fraction of sp³-hybridized carbons (Fsp3) is 0.481. The van der Waals surface area contributed by atoms with Crippen molar-refractivity contribution in [3.63, 3.8) is 0 Å². The number of ether oxygens (including phenoxy) is 1. The zero-order chi connectivity index (χ0) is 24.5. The molecule has 184 valence electrons. The molecule has 7 nitrogen and oxygen atoms in total. The number of carbonyl (C=O) groups excluding carboxylic acids is 2. The number of likely N-dealkylation sites (N-methyl/N-ethyl adjacent to an activating group) is 1. The lowest BCUT2D eigenvalue weighted by molar-refractivity contribution is -0.132. The fourth-order valence-corrected chi connectivity index (χ4v) is 4.44. The van der Waals surface area contributed by atoms with Crippen molar-refractivity contribution >= 4 is 23.2 Å². The highest BCUT2D eigenvalue weighted by Gasteiger charge is 2.29. The highest BCUT2D eigenvalue weighted by Crippen LogP contribution is 2.28. The van der Waals surface area contributed by atoms with Crippen LogP contribution < -0.4 is 20.4 Å². The summed E-state index contributed by atoms with van der Waals surface area (Å²) >= 11 is 0. The van der Waals surface area contributed by atoms with Crippen molar-refractivity contribution < 1.29 is 14.3 Å². The molecule has 2 aromatic carbocycles. The second-order valence-electron chi connectivity index (χ2n) is 9.13. The van der Waals surface area contributed by atoms with E-state index in [1.807, 2.05) is 68.4 Å². The van der Waals surface area contributed by atoms with E-state index in [9.17, 15) is 9.59 Å². The summed E-state index contributed by atoms with van der Waals surface area (Å²) in [6, 6.07) is 14.3. The average Bonchev–Trinajstić information content (AvgIpc) is 2.87. The second kappa shape index (κ2) is 12.3. The number of amides is 2. The van der Waals surface area contributed by atoms with Gasteiger partial charge in [-0.25, -0.2) is 0 Å². The molecule has 0 heterocycles. The molecule has 34 heavy (non-hydrogen) atoms. The van der Waals surface area contributed by atoms with Crippen LogP contribution in [0.2, 0.25) is 0 Å². The first-order chi connectivity index (χ1) is 16.4. The first-order valence-electron chi connectivity index (χ1n) is 12.2. The maximum atomic E-state index is 13.6. The van der Waals surface area contributed by atoms with E-state index in [1.54, 1.807) is 18.2 Å². The zero-order valence-electron chi connectivity index (χ0n) is 20.8. The molecule has 0 spiro atoms. The van der Waals surface area contributed by atoms with Crippen molar-refractivity contribution in [3.8, 4) is 5.75 Å². The van der Waals surface area contributed by atoms with Gasteiger partial charge < -0.3 is 15.0 Å². The molecule has 0 aliphatic heterocycles. The minimum atomic E-state index is -0.593. The van der Waals surface area contributed by atoms with E-state index in [-0.39, 0.29) is 11.8 Å². The predicted octanol–water partition coefficient (Wildman–Crippen LogP) is 4.71. The number of anilines is 2. The normalized spacial score (nSPS) is 14.7. The van der Waals surface area contributed by atoms with Crippen molar-refractivity contribution in [2.24, 2.45) is 5.92 Å². The summed E-state index contributed by atoms with van der Waals surface area (Å²) in [6.45, 7) is 2.40. The Morgan fingerprint density at radius 2 is 1.76 bits per heavy atom. The number of nitrogens with one attached hydrogen (secondary N) is 2. The molecule has 1 aliphatic carbocycles. The van der Waals surface area contributed by atoms with Gasteiger partial charge in [0.05, 0.1) is 12.8 Å². The van der Waals surface area contributed by atoms with E-state index >= 15 is 0 Å². The number of hydrogen-bond acceptors (Lipinski definition) is 5. The van der Waals surface area contributed by atoms with Gasteiger partial charge in [-0.05, 0) is 61.7 Å². The van der Waals surface area contributed by atoms with Crippen LogP contribution in [0.15, 0.2) is 48.5 Å². The van der Waals surface area contributed by atoms with Crippen LogP contribution in [0.1, 0.15) is 55.8 Å². The Balaban J connectivity index is 1.77. The summed E-state index contributed by atoms with van der Waals surface area (Å²) in [6.07, 6.45) is 6.48. The second-order valence-corrected chi connectivity index (χ2v) is 9.13. The molecule has 0 saturated heterocycles. The van der Waals surface area contributed by atoms with E-state index < -0.39 is 6.04 Å². The highest BCUT2D eigenvalue weighted by atomic mass is 16.5. The van der Waals surface area contributed by atoms with Gasteiger partial charge in [0.1, 0.15) is 11.8 Å². The number of methoxy groups -OCH3 is 1. The molecular weight excluding hydrogens is 428 g/mol. The molecule has 2 N–H and O–H groups in total. The highest BCUT2D eigenvalue weighted by molar-refractivity contribution is 5.98. The zero-order valence-corrected chi connectivity index (χ0v) is 20.8. The lowest BCUT2D eigenvalue weighted by atomic mass is 9.84. The van der Waals surface area contributed by atoms with Crippen LogP contribution in [0.5, 0.6) is 5.75 Å². The molecule has 0 radical (unpaired) electrons. The van der Waals surface area contributed by atoms with Crippen LogP contribution in [-0.4, -0.2) is 50.6 Å². The molecule has 0 aromatic heterocycles. The minimum Gasteiger partial charge on any atom is -0.497 e. The molecule has 7 heteroatoms. The van der Waals surface area contributed by atoms with E-state index in [1.165, 1.54) is 19.3 Å². The van der Waals surface area contributed by atoms with Gasteiger partial charge in [0.25, 0.3) is 11.8 Å². The third-order valence-corrected chi connectivity index (χ3v) is 6.46. The van der Waals surface area contributed by atoms with Gasteiger partial charge in [-0.3, -0.25) is 20.0 Å². The molecule has 3 rings (SSSR count). The molecule has 0 bridgehead atoms. The molecule has 1 aliphatic rings. The van der Waals surface area contributed by atoms with Gasteiger partial charge in [0.15, 0.2) is 0 Å². The Hall–Kier alpha value is -3.22. The number of hydrazine groups is 1. The quantitative estimate of drug-likeness (QED) is 0.496. The van der Waals surface area contributed by atoms with Crippen molar-refractivity contribution in [1.82, 2.24) is 10.3 Å². The summed E-state index contributed by atoms with van der Waals surface area (Å²) in [4.78, 5) is 28.8. The predicted molar refractivity (Wildman–Crippen MR) is 137 cm³/mol. The van der Waals surface area contributed by atoms with Crippen LogP contribution >= 0.6 is 0 Å². The topological polar surface area (TPSA) is 73.9 Å². The Morgan fingerprint density at radius 1 is 1.06 bits per heavy atom. The number of carbonyl (C=O) groups is 2. The van der Waals surface area contributed by atoms with Gasteiger partial charge in [-0.2, -0.15) is 0 Å². The summed E-state index contributed by atoms with van der Waals surface area (Å²) in [5, 5.41) is 4.65. The molecule has 2 amide bonds. The number of benzene rings is 2. The summed E-state index contributed by atoms with van der Waals surface area (Å²) in [5.74, 6) is 0.845. The average molecular weight is 467 g/mol. The number of nitrogens with zero attached hydrogens (tertiary/aromatic N) is 2. The first kappa shape index (κ1) is 25.4. The fourth-order valence-electron chi connectivity index (χ4n) is 4.44. The molecule has 1 fully saturated rings. The van der Waals surface area contributed by atoms with Crippen LogP contribution in [0.25, 0.3) is 0 Å². The number of rotatable bonds is 10. The van der Waals surface area contributed by atoms with Crippen LogP contribution in [0, 0.1) is 5.92 Å². The van der Waals surface area contributed by atoms with Gasteiger partial charge in [0.2, 0.25) is 0 Å². The lowest BCUT2D eigenvalue weighted by Gasteiger charge is -2.31. The third-order valence-electron chi connectivity index (χ3n) is 6.46. The maximum Gasteiger partial charge on any atom is 0.263 e. The van der Waals surface area contributed by atoms with Crippen molar-refractivity contribution in [2.45, 2.75) is 51.5 Å². The largest absolute Gasteiger partial charge is 0.497 e. The van der Waals surface area contributed by atoms with Gasteiger partial charge in [-0.1, -0.05) is 38.2 Å². The monoisotopic (exact) mass is 466 g/mol. The van der Waals surface area contributed by atoms with E-state index in [4.69, 9.17) is 4.74 Å². The smallest absolute Gasteiger partial charge is 0.263 e. The van der Waals surface area contributed by atoms with E-state index in [0.717, 1.165) is 30.0 Å². The molecule has 2 aromatic rings. The van der Waals surface area contributed by atoms with Gasteiger partial charge in [-0.15, -0.1) is 0 Å². The maximum absolute atomic E-state index is 13.6. The number of hydrogen-bond donors (Lipinski definition) is 2.